The van der Waals surface area contributed by atoms with E-state index in [9.17, 15) is 18.0 Å². The summed E-state index contributed by atoms with van der Waals surface area (Å²) in [4.78, 5) is 28.4. The quantitative estimate of drug-likeness (QED) is 0.336. The van der Waals surface area contributed by atoms with Crippen LogP contribution >= 0.6 is 11.6 Å². The molecule has 0 aliphatic heterocycles. The maximum atomic E-state index is 13.7. The summed E-state index contributed by atoms with van der Waals surface area (Å²) in [7, 11) is -2.06. The molecule has 9 heteroatoms. The van der Waals surface area contributed by atoms with Gasteiger partial charge in [0.15, 0.2) is 0 Å². The highest BCUT2D eigenvalue weighted by Gasteiger charge is 2.30. The van der Waals surface area contributed by atoms with E-state index in [0.29, 0.717) is 22.7 Å². The van der Waals surface area contributed by atoms with Crippen LogP contribution in [-0.2, 0) is 32.6 Å². The third-order valence-electron chi connectivity index (χ3n) is 6.65. The number of nitrogens with one attached hydrogen (secondary N) is 1. The van der Waals surface area contributed by atoms with Gasteiger partial charge in [-0.05, 0) is 49.1 Å². The van der Waals surface area contributed by atoms with Crippen molar-refractivity contribution in [2.24, 2.45) is 0 Å². The molecule has 0 saturated carbocycles. The van der Waals surface area contributed by atoms with Gasteiger partial charge in [-0.15, -0.1) is 0 Å². The molecule has 0 aliphatic rings. The molecule has 0 radical (unpaired) electrons. The van der Waals surface area contributed by atoms with E-state index in [4.69, 9.17) is 11.6 Å². The van der Waals surface area contributed by atoms with Gasteiger partial charge in [0.2, 0.25) is 21.8 Å². The van der Waals surface area contributed by atoms with Crippen molar-refractivity contribution in [3.63, 3.8) is 0 Å². The van der Waals surface area contributed by atoms with E-state index in [0.717, 1.165) is 22.9 Å². The number of aryl methyl sites for hydroxylation is 1. The number of carbonyl (C=O) groups is 2. The molecule has 39 heavy (non-hydrogen) atoms. The average Bonchev–Trinajstić information content (AvgIpc) is 2.91. The number of hydrogen-bond acceptors (Lipinski definition) is 4. The van der Waals surface area contributed by atoms with Gasteiger partial charge in [-0.2, -0.15) is 0 Å². The molecule has 0 spiro atoms. The summed E-state index contributed by atoms with van der Waals surface area (Å²) in [6, 6.07) is 21.8. The normalized spacial score (nSPS) is 12.0. The Hall–Kier alpha value is -3.36. The van der Waals surface area contributed by atoms with Gasteiger partial charge in [0.05, 0.1) is 11.9 Å². The summed E-state index contributed by atoms with van der Waals surface area (Å²) in [6.45, 7) is 4.12. The van der Waals surface area contributed by atoms with Crippen LogP contribution < -0.4 is 9.62 Å². The topological polar surface area (TPSA) is 86.8 Å². The van der Waals surface area contributed by atoms with Gasteiger partial charge in [-0.3, -0.25) is 13.9 Å². The van der Waals surface area contributed by atoms with Crippen molar-refractivity contribution < 1.29 is 18.0 Å². The van der Waals surface area contributed by atoms with E-state index in [1.165, 1.54) is 4.31 Å². The van der Waals surface area contributed by atoms with Crippen LogP contribution in [0.5, 0.6) is 0 Å². The molecule has 1 atom stereocenters. The van der Waals surface area contributed by atoms with Crippen molar-refractivity contribution >= 4 is 39.1 Å². The SMILES string of the molecule is CNC(=O)[C@H](Cc1ccccc1)N(Cc1ccc(C)cc1)C(=O)CCCN(c1cccc(Cl)c1C)S(C)(=O)=O. The number of sulfonamides is 1. The number of likely N-dealkylation sites (N-methyl/N-ethyl adjacent to an activating group) is 1. The first-order chi connectivity index (χ1) is 18.5. The Kier molecular flexibility index (Phi) is 10.5. The Morgan fingerprint density at radius 2 is 1.59 bits per heavy atom. The Morgan fingerprint density at radius 1 is 0.923 bits per heavy atom. The molecule has 0 saturated heterocycles. The maximum absolute atomic E-state index is 13.7. The lowest BCUT2D eigenvalue weighted by Gasteiger charge is -2.32. The van der Waals surface area contributed by atoms with Gasteiger partial charge in [0, 0.05) is 38.0 Å². The monoisotopic (exact) mass is 569 g/mol. The summed E-state index contributed by atoms with van der Waals surface area (Å²) in [5, 5.41) is 3.18. The highest BCUT2D eigenvalue weighted by atomic mass is 35.5. The number of carbonyl (C=O) groups excluding carboxylic acids is 2. The van der Waals surface area contributed by atoms with E-state index in [-0.39, 0.29) is 37.7 Å². The number of amides is 2. The van der Waals surface area contributed by atoms with Gasteiger partial charge in [-0.25, -0.2) is 8.42 Å². The number of rotatable bonds is 12. The number of halogens is 1. The third-order valence-corrected chi connectivity index (χ3v) is 8.24. The first-order valence-corrected chi connectivity index (χ1v) is 15.1. The molecular formula is C30H36ClN3O4S. The molecule has 2 amide bonds. The fourth-order valence-electron chi connectivity index (χ4n) is 4.46. The minimum absolute atomic E-state index is 0.0692. The first-order valence-electron chi connectivity index (χ1n) is 12.8. The Labute approximate surface area is 236 Å². The molecule has 0 bridgehead atoms. The standard InChI is InChI=1S/C30H36ClN3O4S/c1-22-15-17-25(18-16-22)21-33(28(30(36)32-3)20-24-10-6-5-7-11-24)29(35)14-9-19-34(39(4,37)38)27-13-8-12-26(31)23(27)2/h5-8,10-13,15-18,28H,9,14,19-21H2,1-4H3,(H,32,36)/t28-/m0/s1. The molecule has 0 aromatic heterocycles. The molecule has 7 nitrogen and oxygen atoms in total. The molecule has 0 fully saturated rings. The van der Waals surface area contributed by atoms with Crippen LogP contribution in [0.2, 0.25) is 5.02 Å². The van der Waals surface area contributed by atoms with E-state index < -0.39 is 16.1 Å². The predicted molar refractivity (Wildman–Crippen MR) is 157 cm³/mol. The highest BCUT2D eigenvalue weighted by molar-refractivity contribution is 7.92. The zero-order chi connectivity index (χ0) is 28.6. The van der Waals surface area contributed by atoms with Gasteiger partial charge in [0.1, 0.15) is 6.04 Å². The molecule has 208 valence electrons. The Balaban J connectivity index is 1.86. The van der Waals surface area contributed by atoms with Crippen LogP contribution in [0.25, 0.3) is 0 Å². The molecule has 0 heterocycles. The number of nitrogens with zero attached hydrogens (tertiary/aromatic N) is 2. The van der Waals surface area contributed by atoms with Gasteiger partial charge in [-0.1, -0.05) is 77.8 Å². The number of hydrogen-bond donors (Lipinski definition) is 1. The molecule has 0 unspecified atom stereocenters. The second kappa shape index (κ2) is 13.6. The lowest BCUT2D eigenvalue weighted by molar-refractivity contribution is -0.141. The van der Waals surface area contributed by atoms with E-state index in [1.54, 1.807) is 37.1 Å². The van der Waals surface area contributed by atoms with Crippen molar-refractivity contribution in [3.8, 4) is 0 Å². The fraction of sp³-hybridized carbons (Fsp3) is 0.333. The summed E-state index contributed by atoms with van der Waals surface area (Å²) >= 11 is 6.25. The molecule has 3 rings (SSSR count). The van der Waals surface area contributed by atoms with Crippen LogP contribution in [0.4, 0.5) is 5.69 Å². The van der Waals surface area contributed by atoms with Crippen LogP contribution in [0.3, 0.4) is 0 Å². The van der Waals surface area contributed by atoms with E-state index >= 15 is 0 Å². The van der Waals surface area contributed by atoms with Crippen molar-refractivity contribution in [1.82, 2.24) is 10.2 Å². The molecule has 3 aromatic carbocycles. The zero-order valence-electron chi connectivity index (χ0n) is 22.9. The van der Waals surface area contributed by atoms with Crippen molar-refractivity contribution in [2.45, 2.75) is 45.7 Å². The summed E-state index contributed by atoms with van der Waals surface area (Å²) in [5.41, 5.74) is 4.08. The van der Waals surface area contributed by atoms with Crippen LogP contribution in [0.15, 0.2) is 72.8 Å². The smallest absolute Gasteiger partial charge is 0.242 e. The maximum Gasteiger partial charge on any atom is 0.242 e. The fourth-order valence-corrected chi connectivity index (χ4v) is 5.64. The number of benzene rings is 3. The molecular weight excluding hydrogens is 534 g/mol. The predicted octanol–water partition coefficient (Wildman–Crippen LogP) is 4.89. The lowest BCUT2D eigenvalue weighted by atomic mass is 10.0. The minimum Gasteiger partial charge on any atom is -0.357 e. The summed E-state index contributed by atoms with van der Waals surface area (Å²) in [6.07, 6.45) is 1.84. The zero-order valence-corrected chi connectivity index (χ0v) is 24.4. The van der Waals surface area contributed by atoms with Gasteiger partial charge in [0.25, 0.3) is 0 Å². The Morgan fingerprint density at radius 3 is 2.21 bits per heavy atom. The average molecular weight is 570 g/mol. The molecule has 3 aromatic rings. The van der Waals surface area contributed by atoms with Crippen molar-refractivity contribution in [2.75, 3.05) is 24.2 Å². The van der Waals surface area contributed by atoms with Crippen molar-refractivity contribution in [3.05, 3.63) is 100 Å². The summed E-state index contributed by atoms with van der Waals surface area (Å²) < 4.78 is 26.6. The van der Waals surface area contributed by atoms with Crippen LogP contribution in [0.1, 0.15) is 35.1 Å². The second-order valence-electron chi connectivity index (χ2n) is 9.65. The van der Waals surface area contributed by atoms with Crippen LogP contribution in [0, 0.1) is 13.8 Å². The third kappa shape index (κ3) is 8.31. The van der Waals surface area contributed by atoms with E-state index in [1.807, 2.05) is 61.5 Å². The molecule has 0 aliphatic carbocycles. The van der Waals surface area contributed by atoms with Crippen molar-refractivity contribution in [1.29, 1.82) is 0 Å². The second-order valence-corrected chi connectivity index (χ2v) is 12.0. The number of anilines is 1. The van der Waals surface area contributed by atoms with Gasteiger partial charge >= 0.3 is 0 Å². The van der Waals surface area contributed by atoms with E-state index in [2.05, 4.69) is 5.32 Å². The minimum atomic E-state index is -3.62. The molecule has 1 N–H and O–H groups in total. The highest BCUT2D eigenvalue weighted by Crippen LogP contribution is 2.28. The van der Waals surface area contributed by atoms with Gasteiger partial charge < -0.3 is 10.2 Å². The Bertz CT molecular complexity index is 1380. The van der Waals surface area contributed by atoms with Crippen LogP contribution in [-0.4, -0.2) is 51.0 Å². The first kappa shape index (κ1) is 30.2. The largest absolute Gasteiger partial charge is 0.357 e. The summed E-state index contributed by atoms with van der Waals surface area (Å²) in [5.74, 6) is -0.483. The lowest BCUT2D eigenvalue weighted by Crippen LogP contribution is -2.49.